The van der Waals surface area contributed by atoms with E-state index in [4.69, 9.17) is 0 Å². The molecule has 1 aromatic carbocycles. The maximum atomic E-state index is 12.3. The van der Waals surface area contributed by atoms with Crippen molar-refractivity contribution in [3.8, 4) is 0 Å². The first kappa shape index (κ1) is 15.0. The van der Waals surface area contributed by atoms with Crippen molar-refractivity contribution in [3.05, 3.63) is 34.9 Å². The van der Waals surface area contributed by atoms with E-state index in [1.54, 1.807) is 6.92 Å². The molecule has 1 atom stereocenters. The van der Waals surface area contributed by atoms with Crippen molar-refractivity contribution in [3.63, 3.8) is 0 Å². The molecular weight excluding hydrogens is 252 g/mol. The minimum Gasteiger partial charge on any atom is -0.388 e. The third kappa shape index (κ3) is 3.58. The van der Waals surface area contributed by atoms with Crippen molar-refractivity contribution >= 4 is 5.91 Å². The molecule has 1 aliphatic rings. The van der Waals surface area contributed by atoms with Crippen LogP contribution in [0.3, 0.4) is 0 Å². The molecule has 1 heterocycles. The lowest BCUT2D eigenvalue weighted by atomic mass is 9.94. The Bertz CT molecular complexity index is 483. The highest BCUT2D eigenvalue weighted by Gasteiger charge is 2.22. The zero-order valence-electron chi connectivity index (χ0n) is 12.3. The highest BCUT2D eigenvalue weighted by molar-refractivity contribution is 5.96. The van der Waals surface area contributed by atoms with Gasteiger partial charge in [0.25, 0.3) is 5.91 Å². The van der Waals surface area contributed by atoms with Gasteiger partial charge in [0.05, 0.1) is 5.60 Å². The largest absolute Gasteiger partial charge is 0.388 e. The number of aliphatic hydroxyl groups is 1. The van der Waals surface area contributed by atoms with Gasteiger partial charge in [-0.05, 0) is 43.5 Å². The molecule has 0 spiro atoms. The molecule has 0 saturated carbocycles. The molecular formula is C16H24N2O2. The number of rotatable bonds is 5. The van der Waals surface area contributed by atoms with Crippen LogP contribution < -0.4 is 10.6 Å². The summed E-state index contributed by atoms with van der Waals surface area (Å²) in [7, 11) is 0. The third-order valence-corrected chi connectivity index (χ3v) is 3.80. The third-order valence-electron chi connectivity index (χ3n) is 3.80. The minimum absolute atomic E-state index is 0.0832. The van der Waals surface area contributed by atoms with Crippen molar-refractivity contribution < 1.29 is 9.90 Å². The molecule has 3 N–H and O–H groups in total. The first-order valence-electron chi connectivity index (χ1n) is 7.35. The molecule has 2 rings (SSSR count). The summed E-state index contributed by atoms with van der Waals surface area (Å²) in [5.41, 5.74) is 2.25. The number of carbonyl (C=O) groups is 1. The summed E-state index contributed by atoms with van der Waals surface area (Å²) >= 11 is 0. The summed E-state index contributed by atoms with van der Waals surface area (Å²) < 4.78 is 0. The second-order valence-corrected chi connectivity index (χ2v) is 5.80. The van der Waals surface area contributed by atoms with Gasteiger partial charge in [-0.3, -0.25) is 4.79 Å². The monoisotopic (exact) mass is 276 g/mol. The Morgan fingerprint density at radius 2 is 2.30 bits per heavy atom. The van der Waals surface area contributed by atoms with Gasteiger partial charge in [0, 0.05) is 18.7 Å². The van der Waals surface area contributed by atoms with Crippen molar-refractivity contribution in [2.45, 2.75) is 45.3 Å². The molecule has 0 fully saturated rings. The Morgan fingerprint density at radius 3 is 3.05 bits per heavy atom. The maximum Gasteiger partial charge on any atom is 0.251 e. The lowest BCUT2D eigenvalue weighted by molar-refractivity contribution is 0.0469. The zero-order valence-corrected chi connectivity index (χ0v) is 12.3. The highest BCUT2D eigenvalue weighted by Crippen LogP contribution is 2.19. The van der Waals surface area contributed by atoms with Gasteiger partial charge in [0.15, 0.2) is 0 Å². The van der Waals surface area contributed by atoms with Crippen molar-refractivity contribution in [2.75, 3.05) is 13.1 Å². The number of amides is 1. The van der Waals surface area contributed by atoms with Crippen molar-refractivity contribution in [2.24, 2.45) is 0 Å². The molecule has 0 bridgehead atoms. The predicted octanol–water partition coefficient (Wildman–Crippen LogP) is 1.61. The van der Waals surface area contributed by atoms with Gasteiger partial charge in [-0.25, -0.2) is 0 Å². The predicted molar refractivity (Wildman–Crippen MR) is 79.7 cm³/mol. The molecule has 0 saturated heterocycles. The molecule has 20 heavy (non-hydrogen) atoms. The Balaban J connectivity index is 2.06. The van der Waals surface area contributed by atoms with Crippen LogP contribution in [0.4, 0.5) is 0 Å². The van der Waals surface area contributed by atoms with Gasteiger partial charge < -0.3 is 15.7 Å². The summed E-state index contributed by atoms with van der Waals surface area (Å²) in [4.78, 5) is 12.3. The summed E-state index contributed by atoms with van der Waals surface area (Å²) in [5, 5.41) is 16.3. The number of benzene rings is 1. The van der Waals surface area contributed by atoms with Crippen molar-refractivity contribution in [1.82, 2.24) is 10.6 Å². The first-order chi connectivity index (χ1) is 9.53. The number of hydrogen-bond donors (Lipinski definition) is 3. The van der Waals surface area contributed by atoms with Crippen LogP contribution in [0.5, 0.6) is 0 Å². The van der Waals surface area contributed by atoms with Gasteiger partial charge in [-0.2, -0.15) is 0 Å². The Hall–Kier alpha value is -1.39. The second kappa shape index (κ2) is 6.37. The van der Waals surface area contributed by atoms with E-state index in [0.717, 1.165) is 37.1 Å². The molecule has 1 amide bonds. The van der Waals surface area contributed by atoms with E-state index in [1.165, 1.54) is 5.56 Å². The quantitative estimate of drug-likeness (QED) is 0.766. The number of carbonyl (C=O) groups excluding carboxylic acids is 1. The first-order valence-corrected chi connectivity index (χ1v) is 7.35. The van der Waals surface area contributed by atoms with E-state index in [2.05, 4.69) is 16.7 Å². The summed E-state index contributed by atoms with van der Waals surface area (Å²) in [5.74, 6) is -0.0832. The zero-order chi connectivity index (χ0) is 14.6. The fraction of sp³-hybridized carbons (Fsp3) is 0.562. The fourth-order valence-electron chi connectivity index (χ4n) is 2.74. The molecule has 0 aliphatic carbocycles. The van der Waals surface area contributed by atoms with Crippen LogP contribution in [0.2, 0.25) is 0 Å². The summed E-state index contributed by atoms with van der Waals surface area (Å²) in [6.07, 6.45) is 2.46. The SMILES string of the molecule is CCCC(C)(O)CNC(=O)c1cccc2c1CCNC2. The number of fused-ring (bicyclic) bond motifs is 1. The number of hydrogen-bond acceptors (Lipinski definition) is 3. The molecule has 110 valence electrons. The molecule has 1 aromatic rings. The number of nitrogens with one attached hydrogen (secondary N) is 2. The van der Waals surface area contributed by atoms with E-state index in [-0.39, 0.29) is 5.91 Å². The normalized spacial score (nSPS) is 17.1. The minimum atomic E-state index is -0.833. The summed E-state index contributed by atoms with van der Waals surface area (Å²) in [6, 6.07) is 5.85. The fourth-order valence-corrected chi connectivity index (χ4v) is 2.74. The molecule has 1 unspecified atom stereocenters. The van der Waals surface area contributed by atoms with E-state index < -0.39 is 5.60 Å². The molecule has 0 aromatic heterocycles. The van der Waals surface area contributed by atoms with Gasteiger partial charge in [-0.1, -0.05) is 25.5 Å². The Kier molecular flexibility index (Phi) is 4.78. The van der Waals surface area contributed by atoms with Crippen LogP contribution in [-0.2, 0) is 13.0 Å². The molecule has 4 nitrogen and oxygen atoms in total. The van der Waals surface area contributed by atoms with Crippen molar-refractivity contribution in [1.29, 1.82) is 0 Å². The van der Waals surface area contributed by atoms with Crippen LogP contribution >= 0.6 is 0 Å². The average Bonchev–Trinajstić information content (AvgIpc) is 2.44. The summed E-state index contributed by atoms with van der Waals surface area (Å²) in [6.45, 7) is 5.81. The molecule has 0 radical (unpaired) electrons. The van der Waals surface area contributed by atoms with Gasteiger partial charge in [0.2, 0.25) is 0 Å². The topological polar surface area (TPSA) is 61.4 Å². The van der Waals surface area contributed by atoms with Crippen LogP contribution in [0, 0.1) is 0 Å². The van der Waals surface area contributed by atoms with Gasteiger partial charge in [0.1, 0.15) is 0 Å². The Labute approximate surface area is 120 Å². The Morgan fingerprint density at radius 1 is 1.50 bits per heavy atom. The lowest BCUT2D eigenvalue weighted by Gasteiger charge is -2.24. The van der Waals surface area contributed by atoms with Crippen LogP contribution in [-0.4, -0.2) is 29.7 Å². The van der Waals surface area contributed by atoms with Gasteiger partial charge >= 0.3 is 0 Å². The van der Waals surface area contributed by atoms with E-state index in [0.29, 0.717) is 13.0 Å². The average molecular weight is 276 g/mol. The molecule has 1 aliphatic heterocycles. The second-order valence-electron chi connectivity index (χ2n) is 5.80. The van der Waals surface area contributed by atoms with Crippen LogP contribution in [0.25, 0.3) is 0 Å². The van der Waals surface area contributed by atoms with Crippen LogP contribution in [0.1, 0.15) is 48.2 Å². The molecule has 4 heteroatoms. The highest BCUT2D eigenvalue weighted by atomic mass is 16.3. The van der Waals surface area contributed by atoms with E-state index in [9.17, 15) is 9.90 Å². The smallest absolute Gasteiger partial charge is 0.251 e. The van der Waals surface area contributed by atoms with E-state index in [1.807, 2.05) is 19.1 Å². The standard InChI is InChI=1S/C16H24N2O2/c1-3-8-16(2,20)11-18-15(19)14-6-4-5-12-10-17-9-7-13(12)14/h4-6,17,20H,3,7-11H2,1-2H3,(H,18,19). The van der Waals surface area contributed by atoms with E-state index >= 15 is 0 Å². The van der Waals surface area contributed by atoms with Gasteiger partial charge in [-0.15, -0.1) is 0 Å². The lowest BCUT2D eigenvalue weighted by Crippen LogP contribution is -2.41. The van der Waals surface area contributed by atoms with Crippen LogP contribution in [0.15, 0.2) is 18.2 Å². The maximum absolute atomic E-state index is 12.3.